The van der Waals surface area contributed by atoms with E-state index in [1.165, 1.54) is 12.3 Å². The number of anilines is 1. The molecule has 0 unspecified atom stereocenters. The number of hydrogen-bond donors (Lipinski definition) is 3. The molecular formula is C23H29N7O4S. The van der Waals surface area contributed by atoms with E-state index in [0.717, 1.165) is 6.26 Å². The van der Waals surface area contributed by atoms with Crippen molar-refractivity contribution in [3.05, 3.63) is 47.8 Å². The Balaban J connectivity index is 1.61. The highest BCUT2D eigenvalue weighted by atomic mass is 32.2. The van der Waals surface area contributed by atoms with Crippen molar-refractivity contribution in [2.75, 3.05) is 24.7 Å². The number of primary amides is 1. The second kappa shape index (κ2) is 9.90. The largest absolute Gasteiger partial charge is 0.381 e. The van der Waals surface area contributed by atoms with Crippen molar-refractivity contribution in [2.45, 2.75) is 43.8 Å². The molecule has 11 nitrogen and oxygen atoms in total. The maximum absolute atomic E-state index is 13.3. The lowest BCUT2D eigenvalue weighted by molar-refractivity contribution is 0.0951. The van der Waals surface area contributed by atoms with Crippen LogP contribution in [0.25, 0.3) is 11.0 Å². The number of aryl methyl sites for hydroxylation is 1. The van der Waals surface area contributed by atoms with Crippen LogP contribution >= 0.6 is 0 Å². The Hall–Kier alpha value is -3.67. The van der Waals surface area contributed by atoms with Crippen molar-refractivity contribution in [3.63, 3.8) is 0 Å². The highest BCUT2D eigenvalue weighted by molar-refractivity contribution is 7.90. The SMILES string of the molecule is CCn1ncc2c(NC3CCN(C(N)=O)CC3)c(C(=O)NCc3ccccc3S(C)(=O)=O)cnc21. The van der Waals surface area contributed by atoms with Gasteiger partial charge in [-0.15, -0.1) is 0 Å². The van der Waals surface area contributed by atoms with Crippen LogP contribution in [0.4, 0.5) is 10.5 Å². The summed E-state index contributed by atoms with van der Waals surface area (Å²) < 4.78 is 26.0. The lowest BCUT2D eigenvalue weighted by atomic mass is 10.0. The maximum atomic E-state index is 13.3. The van der Waals surface area contributed by atoms with Crippen LogP contribution in [0.1, 0.15) is 35.7 Å². The fraction of sp³-hybridized carbons (Fsp3) is 0.391. The number of likely N-dealkylation sites (tertiary alicyclic amines) is 1. The molecule has 0 radical (unpaired) electrons. The summed E-state index contributed by atoms with van der Waals surface area (Å²) in [7, 11) is -3.44. The van der Waals surface area contributed by atoms with Crippen molar-refractivity contribution < 1.29 is 18.0 Å². The van der Waals surface area contributed by atoms with E-state index < -0.39 is 15.9 Å². The number of carbonyl (C=O) groups is 2. The number of aromatic nitrogens is 3. The third kappa shape index (κ3) is 5.21. The number of fused-ring (bicyclic) bond motifs is 1. The molecule has 0 spiro atoms. The zero-order valence-electron chi connectivity index (χ0n) is 19.7. The summed E-state index contributed by atoms with van der Waals surface area (Å²) in [5.41, 5.74) is 7.50. The Morgan fingerprint density at radius 2 is 1.89 bits per heavy atom. The molecule has 1 aliphatic heterocycles. The van der Waals surface area contributed by atoms with Gasteiger partial charge in [-0.05, 0) is 31.4 Å². The molecule has 2 aromatic heterocycles. The molecule has 4 N–H and O–H groups in total. The van der Waals surface area contributed by atoms with Gasteiger partial charge in [0.15, 0.2) is 15.5 Å². The van der Waals surface area contributed by atoms with Gasteiger partial charge in [0.1, 0.15) is 0 Å². The normalized spacial score (nSPS) is 14.7. The molecule has 1 aliphatic rings. The molecule has 35 heavy (non-hydrogen) atoms. The molecule has 0 aliphatic carbocycles. The van der Waals surface area contributed by atoms with Crippen LogP contribution in [-0.2, 0) is 22.9 Å². The first-order chi connectivity index (χ1) is 16.7. The highest BCUT2D eigenvalue weighted by Crippen LogP contribution is 2.29. The Labute approximate surface area is 203 Å². The second-order valence-electron chi connectivity index (χ2n) is 8.55. The first kappa shape index (κ1) is 24.5. The lowest BCUT2D eigenvalue weighted by Gasteiger charge is -2.32. The van der Waals surface area contributed by atoms with Gasteiger partial charge in [-0.1, -0.05) is 18.2 Å². The minimum Gasteiger partial charge on any atom is -0.381 e. The number of nitrogens with two attached hydrogens (primary N) is 1. The Morgan fingerprint density at radius 1 is 1.17 bits per heavy atom. The zero-order valence-corrected chi connectivity index (χ0v) is 20.5. The summed E-state index contributed by atoms with van der Waals surface area (Å²) >= 11 is 0. The lowest BCUT2D eigenvalue weighted by Crippen LogP contribution is -2.44. The molecule has 3 amide bonds. The predicted molar refractivity (Wildman–Crippen MR) is 132 cm³/mol. The molecule has 12 heteroatoms. The summed E-state index contributed by atoms with van der Waals surface area (Å²) in [6.45, 7) is 3.69. The summed E-state index contributed by atoms with van der Waals surface area (Å²) in [4.78, 5) is 31.0. The number of amides is 3. The summed E-state index contributed by atoms with van der Waals surface area (Å²) in [6.07, 6.45) is 5.69. The van der Waals surface area contributed by atoms with Crippen LogP contribution in [0.5, 0.6) is 0 Å². The molecule has 0 bridgehead atoms. The molecule has 1 fully saturated rings. The average molecular weight is 500 g/mol. The Bertz CT molecular complexity index is 1360. The fourth-order valence-corrected chi connectivity index (χ4v) is 5.26. The van der Waals surface area contributed by atoms with Gasteiger partial charge < -0.3 is 21.3 Å². The summed E-state index contributed by atoms with van der Waals surface area (Å²) in [6, 6.07) is 6.17. The molecule has 4 rings (SSSR count). The number of carbonyl (C=O) groups excluding carboxylic acids is 2. The smallest absolute Gasteiger partial charge is 0.314 e. The van der Waals surface area contributed by atoms with Gasteiger partial charge in [0.2, 0.25) is 0 Å². The molecule has 0 atom stereocenters. The average Bonchev–Trinajstić information content (AvgIpc) is 3.26. The minimum absolute atomic E-state index is 0.0266. The molecule has 3 aromatic rings. The minimum atomic E-state index is -3.44. The highest BCUT2D eigenvalue weighted by Gasteiger charge is 2.25. The van der Waals surface area contributed by atoms with E-state index in [1.54, 1.807) is 34.0 Å². The third-order valence-corrected chi connectivity index (χ3v) is 7.37. The maximum Gasteiger partial charge on any atom is 0.314 e. The van der Waals surface area contributed by atoms with Gasteiger partial charge in [-0.3, -0.25) is 4.79 Å². The molecule has 3 heterocycles. The van der Waals surface area contributed by atoms with Crippen LogP contribution in [0, 0.1) is 0 Å². The first-order valence-electron chi connectivity index (χ1n) is 11.4. The number of sulfone groups is 1. The Morgan fingerprint density at radius 3 is 2.54 bits per heavy atom. The monoisotopic (exact) mass is 499 g/mol. The van der Waals surface area contributed by atoms with Crippen molar-refractivity contribution >= 4 is 38.5 Å². The van der Waals surface area contributed by atoms with Gasteiger partial charge >= 0.3 is 6.03 Å². The molecular weight excluding hydrogens is 470 g/mol. The van der Waals surface area contributed by atoms with Gasteiger partial charge in [0.05, 0.1) is 27.7 Å². The van der Waals surface area contributed by atoms with Crippen LogP contribution < -0.4 is 16.4 Å². The molecule has 0 saturated carbocycles. The van der Waals surface area contributed by atoms with Gasteiger partial charge in [-0.25, -0.2) is 22.9 Å². The third-order valence-electron chi connectivity index (χ3n) is 6.18. The zero-order chi connectivity index (χ0) is 25.2. The van der Waals surface area contributed by atoms with Crippen molar-refractivity contribution in [2.24, 2.45) is 5.73 Å². The van der Waals surface area contributed by atoms with E-state index >= 15 is 0 Å². The van der Waals surface area contributed by atoms with E-state index in [9.17, 15) is 18.0 Å². The van der Waals surface area contributed by atoms with Crippen LogP contribution in [-0.4, -0.2) is 65.4 Å². The van der Waals surface area contributed by atoms with Crippen LogP contribution in [0.15, 0.2) is 41.6 Å². The molecule has 1 aromatic carbocycles. The Kier molecular flexibility index (Phi) is 6.92. The van der Waals surface area contributed by atoms with E-state index in [4.69, 9.17) is 5.73 Å². The van der Waals surface area contributed by atoms with Crippen molar-refractivity contribution in [1.29, 1.82) is 0 Å². The predicted octanol–water partition coefficient (Wildman–Crippen LogP) is 1.74. The van der Waals surface area contributed by atoms with Gasteiger partial charge in [0.25, 0.3) is 5.91 Å². The number of hydrogen-bond acceptors (Lipinski definition) is 7. The second-order valence-corrected chi connectivity index (χ2v) is 10.5. The first-order valence-corrected chi connectivity index (χ1v) is 13.3. The van der Waals surface area contributed by atoms with Crippen molar-refractivity contribution in [3.8, 4) is 0 Å². The number of benzene rings is 1. The summed E-state index contributed by atoms with van der Waals surface area (Å²) in [5.74, 6) is -0.385. The quantitative estimate of drug-likeness (QED) is 0.448. The fourth-order valence-electron chi connectivity index (χ4n) is 4.32. The van der Waals surface area contributed by atoms with Crippen LogP contribution in [0.2, 0.25) is 0 Å². The van der Waals surface area contributed by atoms with Gasteiger partial charge in [-0.2, -0.15) is 5.10 Å². The number of rotatable bonds is 7. The standard InChI is InChI=1S/C23H29N7O4S/c1-3-30-21-17(14-27-30)20(28-16-8-10-29(11-9-16)23(24)32)18(13-25-21)22(31)26-12-15-6-4-5-7-19(15)35(2,33)34/h4-7,13-14,16H,3,8-12H2,1-2H3,(H2,24,32)(H,25,28)(H,26,31). The van der Waals surface area contributed by atoms with E-state index in [1.807, 2.05) is 6.92 Å². The number of nitrogens with zero attached hydrogens (tertiary/aromatic N) is 4. The number of urea groups is 1. The van der Waals surface area contributed by atoms with Gasteiger partial charge in [0, 0.05) is 44.7 Å². The number of piperidine rings is 1. The van der Waals surface area contributed by atoms with E-state index in [0.29, 0.717) is 60.3 Å². The van der Waals surface area contributed by atoms with E-state index in [2.05, 4.69) is 20.7 Å². The number of nitrogens with one attached hydrogen (secondary N) is 2. The topological polar surface area (TPSA) is 152 Å². The number of pyridine rings is 1. The molecule has 1 saturated heterocycles. The molecule has 186 valence electrons. The van der Waals surface area contributed by atoms with E-state index in [-0.39, 0.29) is 23.4 Å². The van der Waals surface area contributed by atoms with Crippen molar-refractivity contribution in [1.82, 2.24) is 25.0 Å². The summed E-state index contributed by atoms with van der Waals surface area (Å²) in [5, 5.41) is 11.4. The van der Waals surface area contributed by atoms with Crippen LogP contribution in [0.3, 0.4) is 0 Å².